The lowest BCUT2D eigenvalue weighted by molar-refractivity contribution is -0.121. The van der Waals surface area contributed by atoms with E-state index in [4.69, 9.17) is 17.0 Å². The van der Waals surface area contributed by atoms with Gasteiger partial charge in [-0.2, -0.15) is 0 Å². The predicted molar refractivity (Wildman–Crippen MR) is 75.6 cm³/mol. The molecule has 0 bridgehead atoms. The second kappa shape index (κ2) is 4.99. The van der Waals surface area contributed by atoms with E-state index in [0.29, 0.717) is 20.5 Å². The number of amides is 1. The zero-order chi connectivity index (χ0) is 13.3. The molecule has 4 nitrogen and oxygen atoms in total. The van der Waals surface area contributed by atoms with Crippen molar-refractivity contribution in [3.05, 3.63) is 28.7 Å². The molecule has 0 atom stereocenters. The molecule has 1 aliphatic rings. The summed E-state index contributed by atoms with van der Waals surface area (Å²) >= 11 is 6.25. The maximum absolute atomic E-state index is 11.8. The van der Waals surface area contributed by atoms with Gasteiger partial charge in [0.1, 0.15) is 4.32 Å². The van der Waals surface area contributed by atoms with Crippen molar-refractivity contribution >= 4 is 40.3 Å². The number of phenols is 1. The molecule has 1 fully saturated rings. The fourth-order valence-corrected chi connectivity index (χ4v) is 2.68. The summed E-state index contributed by atoms with van der Waals surface area (Å²) in [5, 5.41) is 9.93. The summed E-state index contributed by atoms with van der Waals surface area (Å²) in [4.78, 5) is 13.7. The van der Waals surface area contributed by atoms with Crippen LogP contribution >= 0.6 is 24.0 Å². The Labute approximate surface area is 114 Å². The number of aromatic hydroxyl groups is 1. The van der Waals surface area contributed by atoms with Gasteiger partial charge in [-0.1, -0.05) is 36.1 Å². The van der Waals surface area contributed by atoms with E-state index in [0.717, 1.165) is 0 Å². The number of hydrogen-bond donors (Lipinski definition) is 1. The van der Waals surface area contributed by atoms with Crippen molar-refractivity contribution in [3.63, 3.8) is 0 Å². The fourth-order valence-electron chi connectivity index (χ4n) is 1.51. The van der Waals surface area contributed by atoms with Gasteiger partial charge in [-0.25, -0.2) is 0 Å². The monoisotopic (exact) mass is 281 g/mol. The molecular formula is C12H11NO3S2. The quantitative estimate of drug-likeness (QED) is 0.665. The summed E-state index contributed by atoms with van der Waals surface area (Å²) in [6.07, 6.45) is 1.61. The zero-order valence-corrected chi connectivity index (χ0v) is 11.5. The van der Waals surface area contributed by atoms with E-state index in [-0.39, 0.29) is 11.7 Å². The number of carbonyl (C=O) groups is 1. The summed E-state index contributed by atoms with van der Waals surface area (Å²) in [6, 6.07) is 5.11. The first-order valence-electron chi connectivity index (χ1n) is 5.12. The summed E-state index contributed by atoms with van der Waals surface area (Å²) in [6.45, 7) is 0. The topological polar surface area (TPSA) is 49.8 Å². The van der Waals surface area contributed by atoms with Gasteiger partial charge in [-0.05, 0) is 12.1 Å². The van der Waals surface area contributed by atoms with Crippen LogP contribution in [0.1, 0.15) is 5.56 Å². The largest absolute Gasteiger partial charge is 0.504 e. The molecular weight excluding hydrogens is 270 g/mol. The lowest BCUT2D eigenvalue weighted by Gasteiger charge is -2.06. The minimum atomic E-state index is -0.160. The average Bonchev–Trinajstić information content (AvgIpc) is 2.60. The van der Waals surface area contributed by atoms with Crippen LogP contribution in [-0.4, -0.2) is 34.4 Å². The molecule has 1 aliphatic heterocycles. The lowest BCUT2D eigenvalue weighted by atomic mass is 10.1. The molecule has 1 saturated heterocycles. The molecule has 2 rings (SSSR count). The van der Waals surface area contributed by atoms with Gasteiger partial charge in [-0.15, -0.1) is 0 Å². The molecule has 1 amide bonds. The molecule has 18 heavy (non-hydrogen) atoms. The Morgan fingerprint density at radius 2 is 2.22 bits per heavy atom. The lowest BCUT2D eigenvalue weighted by Crippen LogP contribution is -2.22. The number of hydrogen-bond acceptors (Lipinski definition) is 5. The minimum Gasteiger partial charge on any atom is -0.504 e. The van der Waals surface area contributed by atoms with Crippen molar-refractivity contribution in [2.45, 2.75) is 0 Å². The van der Waals surface area contributed by atoms with Crippen molar-refractivity contribution in [2.24, 2.45) is 0 Å². The number of para-hydroxylation sites is 1. The average molecular weight is 281 g/mol. The number of methoxy groups -OCH3 is 1. The van der Waals surface area contributed by atoms with E-state index in [1.165, 1.54) is 23.8 Å². The highest BCUT2D eigenvalue weighted by atomic mass is 32.2. The first-order valence-corrected chi connectivity index (χ1v) is 6.34. The highest BCUT2D eigenvalue weighted by Crippen LogP contribution is 2.35. The molecule has 1 heterocycles. The Morgan fingerprint density at radius 1 is 1.50 bits per heavy atom. The molecule has 0 spiro atoms. The second-order valence-electron chi connectivity index (χ2n) is 3.64. The minimum absolute atomic E-state index is 0.0152. The summed E-state index contributed by atoms with van der Waals surface area (Å²) < 4.78 is 5.52. The van der Waals surface area contributed by atoms with Crippen LogP contribution in [0.4, 0.5) is 0 Å². The van der Waals surface area contributed by atoms with Crippen LogP contribution < -0.4 is 4.74 Å². The Balaban J connectivity index is 2.40. The number of carbonyl (C=O) groups excluding carboxylic acids is 1. The number of phenolic OH excluding ortho intramolecular Hbond substituents is 1. The number of likely N-dealkylation sites (N-methyl/N-ethyl adjacent to an activating group) is 1. The molecule has 0 radical (unpaired) electrons. The van der Waals surface area contributed by atoms with Crippen molar-refractivity contribution in [3.8, 4) is 11.5 Å². The molecule has 0 aliphatic carbocycles. The van der Waals surface area contributed by atoms with Crippen molar-refractivity contribution < 1.29 is 14.6 Å². The first-order chi connectivity index (χ1) is 8.54. The predicted octanol–water partition coefficient (Wildman–Crippen LogP) is 2.23. The summed E-state index contributed by atoms with van der Waals surface area (Å²) in [5.41, 5.74) is 0.531. The number of thiocarbonyl (C=S) groups is 1. The third-order valence-corrected chi connectivity index (χ3v) is 4.01. The molecule has 1 aromatic rings. The third-order valence-electron chi connectivity index (χ3n) is 2.52. The highest BCUT2D eigenvalue weighted by Gasteiger charge is 2.28. The standard InChI is InChI=1S/C12H11NO3S2/c1-13-11(15)9(18-12(13)17)6-7-4-3-5-8(16-2)10(7)14/h3-6,14H,1-2H3. The van der Waals surface area contributed by atoms with E-state index >= 15 is 0 Å². The third kappa shape index (κ3) is 2.21. The van der Waals surface area contributed by atoms with Gasteiger partial charge in [0.05, 0.1) is 12.0 Å². The van der Waals surface area contributed by atoms with Crippen molar-refractivity contribution in [1.29, 1.82) is 0 Å². The van der Waals surface area contributed by atoms with Crippen molar-refractivity contribution in [1.82, 2.24) is 4.90 Å². The van der Waals surface area contributed by atoms with E-state index < -0.39 is 0 Å². The Hall–Kier alpha value is -1.53. The normalized spacial score (nSPS) is 17.7. The van der Waals surface area contributed by atoms with Gasteiger partial charge < -0.3 is 9.84 Å². The Morgan fingerprint density at radius 3 is 2.78 bits per heavy atom. The highest BCUT2D eigenvalue weighted by molar-refractivity contribution is 8.26. The van der Waals surface area contributed by atoms with Gasteiger partial charge in [0.15, 0.2) is 11.5 Å². The van der Waals surface area contributed by atoms with Crippen LogP contribution in [0, 0.1) is 0 Å². The van der Waals surface area contributed by atoms with Crippen LogP contribution in [-0.2, 0) is 4.79 Å². The summed E-state index contributed by atoms with van der Waals surface area (Å²) in [7, 11) is 3.11. The van der Waals surface area contributed by atoms with Crippen LogP contribution in [0.3, 0.4) is 0 Å². The molecule has 0 saturated carbocycles. The second-order valence-corrected chi connectivity index (χ2v) is 5.31. The molecule has 0 aromatic heterocycles. The van der Waals surface area contributed by atoms with Crippen LogP contribution in [0.25, 0.3) is 6.08 Å². The van der Waals surface area contributed by atoms with Crippen LogP contribution in [0.15, 0.2) is 23.1 Å². The number of benzene rings is 1. The smallest absolute Gasteiger partial charge is 0.265 e. The number of rotatable bonds is 2. The van der Waals surface area contributed by atoms with Crippen LogP contribution in [0.5, 0.6) is 11.5 Å². The van der Waals surface area contributed by atoms with E-state index in [9.17, 15) is 9.90 Å². The van der Waals surface area contributed by atoms with E-state index in [2.05, 4.69) is 0 Å². The molecule has 0 unspecified atom stereocenters. The molecule has 94 valence electrons. The van der Waals surface area contributed by atoms with Gasteiger partial charge in [0.25, 0.3) is 5.91 Å². The maximum atomic E-state index is 11.8. The Kier molecular flexibility index (Phi) is 3.58. The molecule has 1 aromatic carbocycles. The van der Waals surface area contributed by atoms with E-state index in [1.807, 2.05) is 0 Å². The number of nitrogens with zero attached hydrogens (tertiary/aromatic N) is 1. The van der Waals surface area contributed by atoms with E-state index in [1.54, 1.807) is 31.3 Å². The van der Waals surface area contributed by atoms with Gasteiger partial charge in [0.2, 0.25) is 0 Å². The number of ether oxygens (including phenoxy) is 1. The SMILES string of the molecule is COc1cccc(C=C2SC(=S)N(C)C2=O)c1O. The zero-order valence-electron chi connectivity index (χ0n) is 9.84. The fraction of sp³-hybridized carbons (Fsp3) is 0.167. The van der Waals surface area contributed by atoms with Crippen molar-refractivity contribution in [2.75, 3.05) is 14.2 Å². The Bertz CT molecular complexity index is 554. The summed E-state index contributed by atoms with van der Waals surface area (Å²) in [5.74, 6) is 0.226. The first kappa shape index (κ1) is 12.9. The van der Waals surface area contributed by atoms with Gasteiger partial charge >= 0.3 is 0 Å². The maximum Gasteiger partial charge on any atom is 0.265 e. The molecule has 1 N–H and O–H groups in total. The van der Waals surface area contributed by atoms with Gasteiger partial charge in [0, 0.05) is 12.6 Å². The molecule has 6 heteroatoms. The van der Waals surface area contributed by atoms with Gasteiger partial charge in [-0.3, -0.25) is 9.69 Å². The van der Waals surface area contributed by atoms with Crippen LogP contribution in [0.2, 0.25) is 0 Å². The number of thioether (sulfide) groups is 1.